The number of nitrogens with zero attached hydrogens (tertiary/aromatic N) is 1. The molecular weight excluding hydrogens is 366 g/mol. The van der Waals surface area contributed by atoms with Crippen LogP contribution in [0.25, 0.3) is 0 Å². The summed E-state index contributed by atoms with van der Waals surface area (Å²) in [5.74, 6) is -1.46. The summed E-state index contributed by atoms with van der Waals surface area (Å²) in [6, 6.07) is 2.09. The van der Waals surface area contributed by atoms with Gasteiger partial charge in [-0.25, -0.2) is 8.78 Å². The number of carbonyl (C=O) groups is 1. The molecule has 3 nitrogen and oxygen atoms in total. The van der Waals surface area contributed by atoms with Gasteiger partial charge in [-0.15, -0.1) is 12.4 Å². The molecule has 1 aliphatic carbocycles. The summed E-state index contributed by atoms with van der Waals surface area (Å²) in [5.41, 5.74) is 6.20. The van der Waals surface area contributed by atoms with Crippen LogP contribution in [0.15, 0.2) is 16.6 Å². The van der Waals surface area contributed by atoms with E-state index in [0.717, 1.165) is 25.0 Å². The molecule has 2 aliphatic rings. The van der Waals surface area contributed by atoms with Crippen molar-refractivity contribution in [3.8, 4) is 0 Å². The number of carbonyl (C=O) groups excluding carboxylic acids is 1. The highest BCUT2D eigenvalue weighted by Crippen LogP contribution is 2.38. The second-order valence-electron chi connectivity index (χ2n) is 5.62. The van der Waals surface area contributed by atoms with Crippen molar-refractivity contribution in [3.63, 3.8) is 0 Å². The summed E-state index contributed by atoms with van der Waals surface area (Å²) >= 11 is 3.12. The predicted octanol–water partition coefficient (Wildman–Crippen LogP) is 2.96. The largest absolute Gasteiger partial charge is 0.338 e. The van der Waals surface area contributed by atoms with E-state index < -0.39 is 11.6 Å². The van der Waals surface area contributed by atoms with Crippen LogP contribution >= 0.6 is 28.3 Å². The normalized spacial score (nSPS) is 27.4. The van der Waals surface area contributed by atoms with Crippen LogP contribution < -0.4 is 5.73 Å². The Bertz CT molecular complexity index is 572. The molecule has 0 bridgehead atoms. The van der Waals surface area contributed by atoms with E-state index in [-0.39, 0.29) is 34.4 Å². The van der Waals surface area contributed by atoms with Gasteiger partial charge >= 0.3 is 0 Å². The van der Waals surface area contributed by atoms with Crippen molar-refractivity contribution < 1.29 is 13.6 Å². The van der Waals surface area contributed by atoms with Gasteiger partial charge in [-0.3, -0.25) is 4.79 Å². The highest BCUT2D eigenvalue weighted by Gasteiger charge is 2.42. The van der Waals surface area contributed by atoms with Gasteiger partial charge < -0.3 is 10.6 Å². The minimum Gasteiger partial charge on any atom is -0.338 e. The number of amides is 1. The molecule has 1 aliphatic heterocycles. The first-order valence-corrected chi connectivity index (χ1v) is 7.46. The number of hydrogen-bond acceptors (Lipinski definition) is 2. The van der Waals surface area contributed by atoms with Gasteiger partial charge in [-0.05, 0) is 52.7 Å². The smallest absolute Gasteiger partial charge is 0.255 e. The number of likely N-dealkylation sites (tertiary alicyclic amines) is 1. The quantitative estimate of drug-likeness (QED) is 0.760. The van der Waals surface area contributed by atoms with Crippen LogP contribution in [-0.2, 0) is 0 Å². The van der Waals surface area contributed by atoms with Crippen molar-refractivity contribution in [3.05, 3.63) is 33.8 Å². The van der Waals surface area contributed by atoms with E-state index in [1.54, 1.807) is 4.90 Å². The van der Waals surface area contributed by atoms with Gasteiger partial charge in [0, 0.05) is 23.6 Å². The summed E-state index contributed by atoms with van der Waals surface area (Å²) in [6.07, 6.45) is 2.04. The van der Waals surface area contributed by atoms with Gasteiger partial charge in [0.25, 0.3) is 5.91 Å². The van der Waals surface area contributed by atoms with Crippen molar-refractivity contribution in [2.45, 2.75) is 18.9 Å². The first kappa shape index (κ1) is 16.6. The lowest BCUT2D eigenvalue weighted by Crippen LogP contribution is -2.33. The molecule has 1 amide bonds. The van der Waals surface area contributed by atoms with Crippen LogP contribution in [0.3, 0.4) is 0 Å². The molecular formula is C14H16BrClF2N2O. The SMILES string of the molecule is Cl.NC1CCC2CN(C(=O)c3cc(F)c(F)cc3Br)CC12. The van der Waals surface area contributed by atoms with Crippen molar-refractivity contribution in [2.75, 3.05) is 13.1 Å². The Morgan fingerprint density at radius 1 is 1.24 bits per heavy atom. The van der Waals surface area contributed by atoms with E-state index in [9.17, 15) is 13.6 Å². The first-order chi connectivity index (χ1) is 9.47. The molecule has 1 saturated heterocycles. The van der Waals surface area contributed by atoms with E-state index in [4.69, 9.17) is 5.73 Å². The molecule has 3 atom stereocenters. The molecule has 2 fully saturated rings. The second-order valence-corrected chi connectivity index (χ2v) is 6.48. The maximum atomic E-state index is 13.3. The Labute approximate surface area is 136 Å². The fourth-order valence-corrected chi connectivity index (χ4v) is 3.82. The average Bonchev–Trinajstić information content (AvgIpc) is 2.96. The minimum absolute atomic E-state index is 0. The van der Waals surface area contributed by atoms with Crippen LogP contribution in [0, 0.1) is 23.5 Å². The Morgan fingerprint density at radius 2 is 1.90 bits per heavy atom. The number of rotatable bonds is 1. The maximum absolute atomic E-state index is 13.3. The molecule has 1 saturated carbocycles. The molecule has 21 heavy (non-hydrogen) atoms. The van der Waals surface area contributed by atoms with Gasteiger partial charge in [0.15, 0.2) is 11.6 Å². The van der Waals surface area contributed by atoms with Crippen LogP contribution in [0.1, 0.15) is 23.2 Å². The maximum Gasteiger partial charge on any atom is 0.255 e. The van der Waals surface area contributed by atoms with Gasteiger partial charge in [0.1, 0.15) is 0 Å². The Hall–Kier alpha value is -0.720. The number of halogens is 4. The third-order valence-electron chi connectivity index (χ3n) is 4.44. The molecule has 1 heterocycles. The van der Waals surface area contributed by atoms with E-state index in [0.29, 0.717) is 24.9 Å². The second kappa shape index (κ2) is 6.18. The van der Waals surface area contributed by atoms with Gasteiger partial charge in [0.05, 0.1) is 5.56 Å². The Morgan fingerprint density at radius 3 is 2.57 bits per heavy atom. The van der Waals surface area contributed by atoms with Crippen molar-refractivity contribution in [1.82, 2.24) is 4.90 Å². The zero-order valence-corrected chi connectivity index (χ0v) is 13.6. The Kier molecular flexibility index (Phi) is 4.90. The summed E-state index contributed by atoms with van der Waals surface area (Å²) in [4.78, 5) is 14.1. The van der Waals surface area contributed by atoms with Crippen molar-refractivity contribution in [1.29, 1.82) is 0 Å². The molecule has 3 unspecified atom stereocenters. The fraction of sp³-hybridized carbons (Fsp3) is 0.500. The molecule has 0 radical (unpaired) electrons. The van der Waals surface area contributed by atoms with E-state index in [2.05, 4.69) is 15.9 Å². The van der Waals surface area contributed by atoms with Crippen molar-refractivity contribution in [2.24, 2.45) is 17.6 Å². The van der Waals surface area contributed by atoms with Gasteiger partial charge in [0.2, 0.25) is 0 Å². The Balaban J connectivity index is 0.00000161. The van der Waals surface area contributed by atoms with E-state index in [1.807, 2.05) is 0 Å². The lowest BCUT2D eigenvalue weighted by Gasteiger charge is -2.19. The van der Waals surface area contributed by atoms with E-state index >= 15 is 0 Å². The summed E-state index contributed by atoms with van der Waals surface area (Å²) in [7, 11) is 0. The molecule has 2 N–H and O–H groups in total. The number of fused-ring (bicyclic) bond motifs is 1. The molecule has 0 spiro atoms. The predicted molar refractivity (Wildman–Crippen MR) is 81.4 cm³/mol. The summed E-state index contributed by atoms with van der Waals surface area (Å²) in [5, 5.41) is 0. The zero-order chi connectivity index (χ0) is 14.4. The lowest BCUT2D eigenvalue weighted by molar-refractivity contribution is 0.0778. The molecule has 7 heteroatoms. The van der Waals surface area contributed by atoms with Crippen LogP contribution in [0.4, 0.5) is 8.78 Å². The molecule has 116 valence electrons. The number of nitrogens with two attached hydrogens (primary N) is 1. The molecule has 0 aromatic heterocycles. The van der Waals surface area contributed by atoms with Crippen LogP contribution in [0.2, 0.25) is 0 Å². The van der Waals surface area contributed by atoms with Crippen LogP contribution in [-0.4, -0.2) is 29.9 Å². The monoisotopic (exact) mass is 380 g/mol. The van der Waals surface area contributed by atoms with E-state index in [1.165, 1.54) is 0 Å². The molecule has 3 rings (SSSR count). The first-order valence-electron chi connectivity index (χ1n) is 6.66. The van der Waals surface area contributed by atoms with Gasteiger partial charge in [-0.2, -0.15) is 0 Å². The van der Waals surface area contributed by atoms with Crippen LogP contribution in [0.5, 0.6) is 0 Å². The third kappa shape index (κ3) is 2.94. The fourth-order valence-electron chi connectivity index (χ4n) is 3.33. The summed E-state index contributed by atoms with van der Waals surface area (Å²) < 4.78 is 26.7. The van der Waals surface area contributed by atoms with Gasteiger partial charge in [-0.1, -0.05) is 0 Å². The molecule has 1 aromatic carbocycles. The topological polar surface area (TPSA) is 46.3 Å². The number of hydrogen-bond donors (Lipinski definition) is 1. The van der Waals surface area contributed by atoms with Crippen molar-refractivity contribution >= 4 is 34.2 Å². The average molecular weight is 382 g/mol. The zero-order valence-electron chi connectivity index (χ0n) is 11.2. The lowest BCUT2D eigenvalue weighted by atomic mass is 9.98. The highest BCUT2D eigenvalue weighted by molar-refractivity contribution is 9.10. The third-order valence-corrected chi connectivity index (χ3v) is 5.10. The molecule has 1 aromatic rings. The standard InChI is InChI=1S/C14H15BrF2N2O.ClH/c15-10-4-12(17)11(16)3-8(10)14(20)19-5-7-1-2-13(18)9(7)6-19;/h3-4,7,9,13H,1-2,5-6,18H2;1H. The minimum atomic E-state index is -1.01. The highest BCUT2D eigenvalue weighted by atomic mass is 79.9. The summed E-state index contributed by atoms with van der Waals surface area (Å²) in [6.45, 7) is 1.26. The number of benzene rings is 1.